The lowest BCUT2D eigenvalue weighted by Crippen LogP contribution is -2.41. The molecule has 0 aliphatic carbocycles. The molecule has 0 spiro atoms. The quantitative estimate of drug-likeness (QED) is 0.188. The van der Waals surface area contributed by atoms with Crippen molar-refractivity contribution in [3.63, 3.8) is 0 Å². The van der Waals surface area contributed by atoms with Crippen molar-refractivity contribution in [2.75, 3.05) is 39.5 Å². The number of amides is 4. The molecule has 1 atom stereocenters. The van der Waals surface area contributed by atoms with Crippen molar-refractivity contribution in [2.45, 2.75) is 105 Å². The van der Waals surface area contributed by atoms with Crippen LogP contribution in [0.5, 0.6) is 0 Å². The summed E-state index contributed by atoms with van der Waals surface area (Å²) in [5, 5.41) is 2.84. The SMILES string of the molecule is CCCCC(OCC(N)=O)C(=O)N(CCCC)Cc1cccc(CNC(=O)COCC(=O)N(CCCC)CCCC)c1. The van der Waals surface area contributed by atoms with Crippen LogP contribution in [-0.2, 0) is 41.7 Å². The molecular formula is C32H54N4O6. The molecule has 0 saturated carbocycles. The van der Waals surface area contributed by atoms with E-state index in [4.69, 9.17) is 15.2 Å². The standard InChI is InChI=1S/C32H54N4O6/c1-5-9-16-28(42-23-29(33)37)32(40)36(19-12-8-4)22-27-15-13-14-26(20-27)21-34-30(38)24-41-25-31(39)35(17-10-6-2)18-11-7-3/h13-15,20,28H,5-12,16-19,21-25H2,1-4H3,(H2,33,37)(H,34,38). The molecule has 3 N–H and O–H groups in total. The molecule has 1 rings (SSSR count). The van der Waals surface area contributed by atoms with Crippen molar-refractivity contribution in [1.82, 2.24) is 15.1 Å². The Kier molecular flexibility index (Phi) is 19.9. The summed E-state index contributed by atoms with van der Waals surface area (Å²) in [6.07, 6.45) is 7.22. The van der Waals surface area contributed by atoms with E-state index in [2.05, 4.69) is 26.1 Å². The summed E-state index contributed by atoms with van der Waals surface area (Å²) < 4.78 is 11.0. The first-order chi connectivity index (χ1) is 20.2. The molecule has 10 heteroatoms. The van der Waals surface area contributed by atoms with E-state index < -0.39 is 12.0 Å². The fourth-order valence-corrected chi connectivity index (χ4v) is 4.36. The molecule has 1 unspecified atom stereocenters. The zero-order chi connectivity index (χ0) is 31.2. The molecule has 4 amide bonds. The van der Waals surface area contributed by atoms with Gasteiger partial charge >= 0.3 is 0 Å². The normalized spacial score (nSPS) is 11.6. The summed E-state index contributed by atoms with van der Waals surface area (Å²) in [7, 11) is 0. The minimum Gasteiger partial charge on any atom is -0.368 e. The van der Waals surface area contributed by atoms with Gasteiger partial charge in [0.2, 0.25) is 17.7 Å². The third-order valence-electron chi connectivity index (χ3n) is 6.84. The molecule has 42 heavy (non-hydrogen) atoms. The molecule has 0 aromatic heterocycles. The van der Waals surface area contributed by atoms with E-state index >= 15 is 0 Å². The first-order valence-electron chi connectivity index (χ1n) is 15.6. The van der Waals surface area contributed by atoms with E-state index in [1.165, 1.54) is 0 Å². The predicted molar refractivity (Wildman–Crippen MR) is 164 cm³/mol. The highest BCUT2D eigenvalue weighted by Crippen LogP contribution is 2.15. The van der Waals surface area contributed by atoms with Gasteiger partial charge in [-0.2, -0.15) is 0 Å². The zero-order valence-electron chi connectivity index (χ0n) is 26.3. The Morgan fingerprint density at radius 3 is 2.00 bits per heavy atom. The Balaban J connectivity index is 2.71. The predicted octanol–water partition coefficient (Wildman–Crippen LogP) is 3.94. The number of carbonyl (C=O) groups is 4. The number of nitrogens with one attached hydrogen (secondary N) is 1. The van der Waals surface area contributed by atoms with E-state index in [1.807, 2.05) is 36.1 Å². The highest BCUT2D eigenvalue weighted by molar-refractivity contribution is 5.82. The Labute approximate surface area is 252 Å². The second-order valence-corrected chi connectivity index (χ2v) is 10.7. The van der Waals surface area contributed by atoms with E-state index in [0.717, 1.165) is 62.5 Å². The van der Waals surface area contributed by atoms with Gasteiger partial charge in [-0.05, 0) is 36.8 Å². The summed E-state index contributed by atoms with van der Waals surface area (Å²) in [6, 6.07) is 7.71. The molecule has 0 aliphatic rings. The van der Waals surface area contributed by atoms with Gasteiger partial charge in [0.15, 0.2) is 0 Å². The zero-order valence-corrected chi connectivity index (χ0v) is 26.3. The van der Waals surface area contributed by atoms with Crippen LogP contribution in [0.3, 0.4) is 0 Å². The minimum atomic E-state index is -0.714. The number of carbonyl (C=O) groups excluding carboxylic acids is 4. The largest absolute Gasteiger partial charge is 0.368 e. The molecular weight excluding hydrogens is 536 g/mol. The maximum atomic E-state index is 13.4. The fourth-order valence-electron chi connectivity index (χ4n) is 4.36. The molecule has 0 aliphatic heterocycles. The summed E-state index contributed by atoms with van der Waals surface area (Å²) in [5.41, 5.74) is 7.07. The molecule has 10 nitrogen and oxygen atoms in total. The summed E-state index contributed by atoms with van der Waals surface area (Å²) in [6.45, 7) is 10.4. The Hall–Kier alpha value is -2.98. The van der Waals surface area contributed by atoms with Crippen molar-refractivity contribution in [3.8, 4) is 0 Å². The second-order valence-electron chi connectivity index (χ2n) is 10.7. The van der Waals surface area contributed by atoms with Gasteiger partial charge in [0.25, 0.3) is 5.91 Å². The van der Waals surface area contributed by atoms with Crippen LogP contribution in [0, 0.1) is 0 Å². The first-order valence-corrected chi connectivity index (χ1v) is 15.6. The highest BCUT2D eigenvalue weighted by atomic mass is 16.5. The van der Waals surface area contributed by atoms with Crippen LogP contribution in [0.2, 0.25) is 0 Å². The molecule has 0 saturated heterocycles. The Morgan fingerprint density at radius 1 is 0.810 bits per heavy atom. The van der Waals surface area contributed by atoms with Crippen molar-refractivity contribution in [3.05, 3.63) is 35.4 Å². The number of benzene rings is 1. The van der Waals surface area contributed by atoms with Crippen molar-refractivity contribution in [2.24, 2.45) is 5.73 Å². The number of primary amides is 1. The second kappa shape index (κ2) is 22.6. The van der Waals surface area contributed by atoms with Gasteiger partial charge in [-0.3, -0.25) is 19.2 Å². The molecule has 0 radical (unpaired) electrons. The maximum Gasteiger partial charge on any atom is 0.252 e. The lowest BCUT2D eigenvalue weighted by atomic mass is 10.1. The Bertz CT molecular complexity index is 933. The summed E-state index contributed by atoms with van der Waals surface area (Å²) >= 11 is 0. The highest BCUT2D eigenvalue weighted by Gasteiger charge is 2.25. The van der Waals surface area contributed by atoms with E-state index in [0.29, 0.717) is 39.1 Å². The van der Waals surface area contributed by atoms with Crippen LogP contribution in [0.4, 0.5) is 0 Å². The van der Waals surface area contributed by atoms with Crippen LogP contribution in [-0.4, -0.2) is 79.0 Å². The van der Waals surface area contributed by atoms with E-state index in [1.54, 1.807) is 4.90 Å². The average molecular weight is 591 g/mol. The molecule has 0 bridgehead atoms. The van der Waals surface area contributed by atoms with Crippen LogP contribution < -0.4 is 11.1 Å². The van der Waals surface area contributed by atoms with Crippen molar-refractivity contribution in [1.29, 1.82) is 0 Å². The monoisotopic (exact) mass is 590 g/mol. The number of unbranched alkanes of at least 4 members (excludes halogenated alkanes) is 4. The van der Waals surface area contributed by atoms with Crippen molar-refractivity contribution >= 4 is 23.6 Å². The van der Waals surface area contributed by atoms with Gasteiger partial charge in [-0.25, -0.2) is 0 Å². The van der Waals surface area contributed by atoms with Crippen LogP contribution >= 0.6 is 0 Å². The minimum absolute atomic E-state index is 0.0865. The van der Waals surface area contributed by atoms with E-state index in [9.17, 15) is 19.2 Å². The van der Waals surface area contributed by atoms with Crippen LogP contribution in [0.1, 0.15) is 96.6 Å². The maximum absolute atomic E-state index is 13.4. The molecule has 0 heterocycles. The first kappa shape index (κ1) is 37.0. The topological polar surface area (TPSA) is 131 Å². The molecule has 0 fully saturated rings. The van der Waals surface area contributed by atoms with Gasteiger partial charge < -0.3 is 30.3 Å². The van der Waals surface area contributed by atoms with Gasteiger partial charge in [0, 0.05) is 32.7 Å². The fraction of sp³-hybridized carbons (Fsp3) is 0.688. The summed E-state index contributed by atoms with van der Waals surface area (Å²) in [4.78, 5) is 53.2. The third-order valence-corrected chi connectivity index (χ3v) is 6.84. The van der Waals surface area contributed by atoms with Gasteiger partial charge in [-0.15, -0.1) is 0 Å². The lowest BCUT2D eigenvalue weighted by molar-refractivity contribution is -0.147. The Morgan fingerprint density at radius 2 is 1.40 bits per heavy atom. The number of ether oxygens (including phenoxy) is 2. The molecule has 1 aromatic rings. The number of nitrogens with zero attached hydrogens (tertiary/aromatic N) is 2. The number of rotatable bonds is 24. The van der Waals surface area contributed by atoms with Gasteiger partial charge in [0.05, 0.1) is 0 Å². The number of nitrogens with two attached hydrogens (primary N) is 1. The van der Waals surface area contributed by atoms with Crippen LogP contribution in [0.25, 0.3) is 0 Å². The average Bonchev–Trinajstić information content (AvgIpc) is 2.98. The lowest BCUT2D eigenvalue weighted by Gasteiger charge is -2.27. The van der Waals surface area contributed by atoms with Crippen molar-refractivity contribution < 1.29 is 28.7 Å². The number of hydrogen-bond acceptors (Lipinski definition) is 6. The van der Waals surface area contributed by atoms with Gasteiger partial charge in [-0.1, -0.05) is 84.1 Å². The molecule has 1 aromatic carbocycles. The third kappa shape index (κ3) is 15.9. The van der Waals surface area contributed by atoms with Crippen LogP contribution in [0.15, 0.2) is 24.3 Å². The van der Waals surface area contributed by atoms with Gasteiger partial charge in [0.1, 0.15) is 25.9 Å². The molecule has 238 valence electrons. The smallest absolute Gasteiger partial charge is 0.252 e. The van der Waals surface area contributed by atoms with E-state index in [-0.39, 0.29) is 37.5 Å². The summed E-state index contributed by atoms with van der Waals surface area (Å²) in [5.74, 6) is -1.13. The number of hydrogen-bond donors (Lipinski definition) is 2.